The molecule has 21 heavy (non-hydrogen) atoms. The first-order valence-corrected chi connectivity index (χ1v) is 8.46. The first-order chi connectivity index (χ1) is 10.0. The number of likely N-dealkylation sites (N-methyl/N-ethyl adjacent to an activating group) is 1. The summed E-state index contributed by atoms with van der Waals surface area (Å²) >= 11 is 0. The largest absolute Gasteiger partial charge is 0.312 e. The van der Waals surface area contributed by atoms with Gasteiger partial charge in [-0.3, -0.25) is 4.68 Å². The zero-order chi connectivity index (χ0) is 15.9. The molecule has 0 aliphatic rings. The van der Waals surface area contributed by atoms with Crippen LogP contribution in [0.15, 0.2) is 12.4 Å². The Labute approximate surface area is 130 Å². The van der Waals surface area contributed by atoms with Crippen LogP contribution in [0.3, 0.4) is 0 Å². The van der Waals surface area contributed by atoms with Crippen LogP contribution in [0.5, 0.6) is 0 Å². The van der Waals surface area contributed by atoms with Crippen molar-refractivity contribution in [2.24, 2.45) is 0 Å². The van der Waals surface area contributed by atoms with Gasteiger partial charge in [-0.25, -0.2) is 0 Å². The second kappa shape index (κ2) is 8.54. The Morgan fingerprint density at radius 1 is 1.24 bits per heavy atom. The maximum Gasteiger partial charge on any atom is 0.0522 e. The van der Waals surface area contributed by atoms with Crippen LogP contribution >= 0.6 is 0 Å². The van der Waals surface area contributed by atoms with Crippen molar-refractivity contribution in [3.05, 3.63) is 18.0 Å². The van der Waals surface area contributed by atoms with Crippen LogP contribution in [0.4, 0.5) is 0 Å². The quantitative estimate of drug-likeness (QED) is 0.720. The van der Waals surface area contributed by atoms with Crippen molar-refractivity contribution in [3.8, 4) is 0 Å². The van der Waals surface area contributed by atoms with Gasteiger partial charge in [0.2, 0.25) is 0 Å². The van der Waals surface area contributed by atoms with E-state index in [1.54, 1.807) is 0 Å². The molecule has 1 unspecified atom stereocenters. The smallest absolute Gasteiger partial charge is 0.0522 e. The van der Waals surface area contributed by atoms with E-state index < -0.39 is 0 Å². The number of aromatic nitrogens is 2. The van der Waals surface area contributed by atoms with Gasteiger partial charge in [0.15, 0.2) is 0 Å². The molecule has 1 atom stereocenters. The zero-order valence-electron chi connectivity index (χ0n) is 14.8. The summed E-state index contributed by atoms with van der Waals surface area (Å²) in [6.45, 7) is 11.0. The molecule has 0 aliphatic carbocycles. The van der Waals surface area contributed by atoms with Crippen LogP contribution in [0.1, 0.15) is 52.5 Å². The maximum absolute atomic E-state index is 4.42. The highest BCUT2D eigenvalue weighted by Crippen LogP contribution is 2.28. The molecule has 1 heterocycles. The molecular weight excluding hydrogens is 260 g/mol. The summed E-state index contributed by atoms with van der Waals surface area (Å²) in [6, 6.07) is 0.456. The molecule has 0 saturated heterocycles. The third-order valence-corrected chi connectivity index (χ3v) is 4.86. The summed E-state index contributed by atoms with van der Waals surface area (Å²) in [5.41, 5.74) is 1.53. The van der Waals surface area contributed by atoms with E-state index in [4.69, 9.17) is 0 Å². The second-order valence-electron chi connectivity index (χ2n) is 6.12. The van der Waals surface area contributed by atoms with Crippen molar-refractivity contribution in [1.82, 2.24) is 20.0 Å². The first-order valence-electron chi connectivity index (χ1n) is 8.46. The number of rotatable bonds is 10. The fourth-order valence-corrected chi connectivity index (χ4v) is 3.38. The van der Waals surface area contributed by atoms with Gasteiger partial charge in [-0.1, -0.05) is 20.8 Å². The minimum atomic E-state index is 0.198. The first kappa shape index (κ1) is 18.2. The minimum Gasteiger partial charge on any atom is -0.312 e. The number of nitrogens with one attached hydrogen (secondary N) is 1. The predicted octanol–water partition coefficient (Wildman–Crippen LogP) is 2.93. The van der Waals surface area contributed by atoms with Gasteiger partial charge < -0.3 is 10.2 Å². The van der Waals surface area contributed by atoms with Crippen molar-refractivity contribution in [1.29, 1.82) is 0 Å². The molecule has 0 spiro atoms. The molecule has 0 fully saturated rings. The van der Waals surface area contributed by atoms with Gasteiger partial charge in [-0.05, 0) is 58.8 Å². The minimum absolute atomic E-state index is 0.198. The second-order valence-corrected chi connectivity index (χ2v) is 6.12. The molecule has 4 nitrogen and oxygen atoms in total. The maximum atomic E-state index is 4.42. The van der Waals surface area contributed by atoms with E-state index in [0.717, 1.165) is 32.4 Å². The summed E-state index contributed by atoms with van der Waals surface area (Å²) in [6.07, 6.45) is 8.73. The molecule has 4 heteroatoms. The highest BCUT2D eigenvalue weighted by Gasteiger charge is 2.37. The van der Waals surface area contributed by atoms with Crippen molar-refractivity contribution in [2.75, 3.05) is 20.6 Å². The molecule has 1 aromatic heterocycles. The third kappa shape index (κ3) is 4.30. The molecule has 122 valence electrons. The topological polar surface area (TPSA) is 33.1 Å². The van der Waals surface area contributed by atoms with Gasteiger partial charge in [-0.2, -0.15) is 5.10 Å². The standard InChI is InChI=1S/C17H34N4/c1-7-11-18-16(17(8-2,9-3)20(5)6)12-15-13-19-21(10-4)14-15/h13-14,16,18H,7-12H2,1-6H3. The van der Waals surface area contributed by atoms with Gasteiger partial charge >= 0.3 is 0 Å². The van der Waals surface area contributed by atoms with Gasteiger partial charge in [0.1, 0.15) is 0 Å². The van der Waals surface area contributed by atoms with E-state index in [1.807, 2.05) is 10.9 Å². The molecule has 0 bridgehead atoms. The predicted molar refractivity (Wildman–Crippen MR) is 90.7 cm³/mol. The summed E-state index contributed by atoms with van der Waals surface area (Å²) in [5.74, 6) is 0. The van der Waals surface area contributed by atoms with E-state index >= 15 is 0 Å². The lowest BCUT2D eigenvalue weighted by molar-refractivity contribution is 0.0881. The van der Waals surface area contributed by atoms with Crippen molar-refractivity contribution < 1.29 is 0 Å². The lowest BCUT2D eigenvalue weighted by Gasteiger charge is -2.45. The summed E-state index contributed by atoms with van der Waals surface area (Å²) in [4.78, 5) is 2.41. The van der Waals surface area contributed by atoms with E-state index in [-0.39, 0.29) is 5.54 Å². The highest BCUT2D eigenvalue weighted by atomic mass is 15.3. The molecule has 1 aromatic rings. The highest BCUT2D eigenvalue weighted by molar-refractivity contribution is 5.11. The fourth-order valence-electron chi connectivity index (χ4n) is 3.38. The lowest BCUT2D eigenvalue weighted by atomic mass is 9.80. The van der Waals surface area contributed by atoms with Gasteiger partial charge in [0.25, 0.3) is 0 Å². The van der Waals surface area contributed by atoms with E-state index in [0.29, 0.717) is 6.04 Å². The van der Waals surface area contributed by atoms with Crippen LogP contribution in [0.2, 0.25) is 0 Å². The Balaban J connectivity index is 2.96. The van der Waals surface area contributed by atoms with Crippen LogP contribution in [-0.2, 0) is 13.0 Å². The van der Waals surface area contributed by atoms with Gasteiger partial charge in [0.05, 0.1) is 6.20 Å². The van der Waals surface area contributed by atoms with Crippen molar-refractivity contribution in [3.63, 3.8) is 0 Å². The average molecular weight is 294 g/mol. The molecule has 0 amide bonds. The molecule has 1 rings (SSSR count). The Morgan fingerprint density at radius 3 is 2.33 bits per heavy atom. The molecule has 0 aromatic carbocycles. The fraction of sp³-hybridized carbons (Fsp3) is 0.824. The lowest BCUT2D eigenvalue weighted by Crippen LogP contribution is -2.59. The molecule has 0 radical (unpaired) electrons. The van der Waals surface area contributed by atoms with E-state index in [9.17, 15) is 0 Å². The SMILES string of the molecule is CCCNC(Cc1cnn(CC)c1)C(CC)(CC)N(C)C. The number of hydrogen-bond donors (Lipinski definition) is 1. The summed E-state index contributed by atoms with van der Waals surface area (Å²) in [7, 11) is 4.42. The monoisotopic (exact) mass is 294 g/mol. The van der Waals surface area contributed by atoms with E-state index in [1.165, 1.54) is 12.0 Å². The number of hydrogen-bond acceptors (Lipinski definition) is 3. The Hall–Kier alpha value is -0.870. The Bertz CT molecular complexity index is 393. The molecule has 0 saturated carbocycles. The normalized spacial score (nSPS) is 13.9. The summed E-state index contributed by atoms with van der Waals surface area (Å²) < 4.78 is 2.02. The summed E-state index contributed by atoms with van der Waals surface area (Å²) in [5, 5.41) is 8.21. The van der Waals surface area contributed by atoms with Crippen molar-refractivity contribution in [2.45, 2.75) is 71.5 Å². The van der Waals surface area contributed by atoms with Crippen LogP contribution < -0.4 is 5.32 Å². The molecular formula is C17H34N4. The number of nitrogens with zero attached hydrogens (tertiary/aromatic N) is 3. The zero-order valence-corrected chi connectivity index (χ0v) is 14.8. The Morgan fingerprint density at radius 2 is 1.90 bits per heavy atom. The van der Waals surface area contributed by atoms with Gasteiger partial charge in [-0.15, -0.1) is 0 Å². The van der Waals surface area contributed by atoms with Crippen molar-refractivity contribution >= 4 is 0 Å². The van der Waals surface area contributed by atoms with E-state index in [2.05, 4.69) is 63.3 Å². The number of aryl methyl sites for hydroxylation is 1. The third-order valence-electron chi connectivity index (χ3n) is 4.86. The average Bonchev–Trinajstić information content (AvgIpc) is 2.93. The molecule has 1 N–H and O–H groups in total. The van der Waals surface area contributed by atoms with Crippen LogP contribution in [0, 0.1) is 0 Å². The molecule has 0 aliphatic heterocycles. The van der Waals surface area contributed by atoms with Crippen LogP contribution in [-0.4, -0.2) is 46.9 Å². The Kier molecular flexibility index (Phi) is 7.40. The van der Waals surface area contributed by atoms with Crippen LogP contribution in [0.25, 0.3) is 0 Å². The van der Waals surface area contributed by atoms with Gasteiger partial charge in [0, 0.05) is 24.3 Å².